The van der Waals surface area contributed by atoms with E-state index in [2.05, 4.69) is 11.4 Å². The number of nitriles is 1. The maximum Gasteiger partial charge on any atom is 0.228 e. The lowest BCUT2D eigenvalue weighted by atomic mass is 9.95. The van der Waals surface area contributed by atoms with Gasteiger partial charge >= 0.3 is 0 Å². The molecule has 2 rings (SSSR count). The molecule has 2 saturated heterocycles. The zero-order valence-electron chi connectivity index (χ0n) is 10.6. The normalized spacial score (nSPS) is 33.1. The average Bonchev–Trinajstić information content (AvgIpc) is 2.84. The van der Waals surface area contributed by atoms with Crippen molar-refractivity contribution in [3.8, 4) is 6.07 Å². The first-order chi connectivity index (χ1) is 7.86. The van der Waals surface area contributed by atoms with E-state index in [-0.39, 0.29) is 22.2 Å². The highest BCUT2D eigenvalue weighted by atomic mass is 32.2. The van der Waals surface area contributed by atoms with Crippen molar-refractivity contribution >= 4 is 17.7 Å². The summed E-state index contributed by atoms with van der Waals surface area (Å²) in [7, 11) is 0. The molecule has 0 saturated carbocycles. The van der Waals surface area contributed by atoms with Crippen molar-refractivity contribution in [2.75, 3.05) is 18.8 Å². The van der Waals surface area contributed by atoms with E-state index in [0.29, 0.717) is 0 Å². The molecule has 2 fully saturated rings. The number of thioether (sulfide) groups is 1. The predicted octanol–water partition coefficient (Wildman–Crippen LogP) is 1.19. The summed E-state index contributed by atoms with van der Waals surface area (Å²) < 4.78 is 0. The molecule has 17 heavy (non-hydrogen) atoms. The Morgan fingerprint density at radius 2 is 2.29 bits per heavy atom. The Hall–Kier alpha value is -0.730. The summed E-state index contributed by atoms with van der Waals surface area (Å²) in [6.45, 7) is 7.38. The van der Waals surface area contributed by atoms with Gasteiger partial charge in [-0.05, 0) is 6.42 Å². The van der Waals surface area contributed by atoms with E-state index in [0.717, 1.165) is 25.3 Å². The lowest BCUT2D eigenvalue weighted by Crippen LogP contribution is -2.46. The van der Waals surface area contributed by atoms with E-state index in [9.17, 15) is 4.79 Å². The van der Waals surface area contributed by atoms with Crippen LogP contribution < -0.4 is 5.32 Å². The second-order valence-corrected chi connectivity index (χ2v) is 7.26. The van der Waals surface area contributed by atoms with E-state index in [1.54, 1.807) is 11.8 Å². The van der Waals surface area contributed by atoms with E-state index in [4.69, 9.17) is 5.26 Å². The van der Waals surface area contributed by atoms with Crippen molar-refractivity contribution in [3.63, 3.8) is 0 Å². The van der Waals surface area contributed by atoms with Crippen molar-refractivity contribution in [2.24, 2.45) is 5.41 Å². The lowest BCUT2D eigenvalue weighted by molar-refractivity contribution is -0.138. The summed E-state index contributed by atoms with van der Waals surface area (Å²) in [5, 5.41) is 12.3. The van der Waals surface area contributed by atoms with Gasteiger partial charge in [0.1, 0.15) is 6.04 Å². The minimum Gasteiger partial charge on any atom is -0.339 e. The van der Waals surface area contributed by atoms with Crippen molar-refractivity contribution in [1.82, 2.24) is 10.2 Å². The highest BCUT2D eigenvalue weighted by Gasteiger charge is 2.47. The smallest absolute Gasteiger partial charge is 0.228 e. The molecule has 0 aliphatic carbocycles. The molecule has 1 N–H and O–H groups in total. The van der Waals surface area contributed by atoms with Crippen LogP contribution in [-0.4, -0.2) is 40.6 Å². The summed E-state index contributed by atoms with van der Waals surface area (Å²) in [6.07, 6.45) is 0.942. The molecule has 94 valence electrons. The van der Waals surface area contributed by atoms with Crippen LogP contribution in [0.1, 0.15) is 27.2 Å². The minimum atomic E-state index is -0.316. The standard InChI is InChI=1S/C12H19N3OS/c1-11(2,3)10(16)15-5-4-12(8-15)14-9(6-13)7-17-12/h9,14H,4-5,7-8H2,1-3H3/t9-,12?/m1/s1. The molecule has 0 aromatic rings. The molecule has 2 aliphatic heterocycles. The Labute approximate surface area is 107 Å². The van der Waals surface area contributed by atoms with Gasteiger partial charge in [0.05, 0.1) is 10.9 Å². The summed E-state index contributed by atoms with van der Waals surface area (Å²) in [5.74, 6) is 1.03. The Kier molecular flexibility index (Phi) is 3.13. The van der Waals surface area contributed by atoms with E-state index >= 15 is 0 Å². The van der Waals surface area contributed by atoms with Crippen LogP contribution in [0.4, 0.5) is 0 Å². The monoisotopic (exact) mass is 253 g/mol. The third kappa shape index (κ3) is 2.43. The topological polar surface area (TPSA) is 56.1 Å². The van der Waals surface area contributed by atoms with Gasteiger partial charge in [-0.25, -0.2) is 0 Å². The van der Waals surface area contributed by atoms with Gasteiger partial charge in [0.2, 0.25) is 5.91 Å². The largest absolute Gasteiger partial charge is 0.339 e. The van der Waals surface area contributed by atoms with Gasteiger partial charge in [-0.1, -0.05) is 20.8 Å². The van der Waals surface area contributed by atoms with E-state index < -0.39 is 0 Å². The van der Waals surface area contributed by atoms with Crippen LogP contribution in [0.15, 0.2) is 0 Å². The Balaban J connectivity index is 2.02. The summed E-state index contributed by atoms with van der Waals surface area (Å²) in [5.41, 5.74) is -0.316. The summed E-state index contributed by atoms with van der Waals surface area (Å²) >= 11 is 1.79. The molecular formula is C12H19N3OS. The molecule has 0 aromatic carbocycles. The van der Waals surface area contributed by atoms with Crippen molar-refractivity contribution < 1.29 is 4.79 Å². The third-order valence-corrected chi connectivity index (χ3v) is 4.78. The summed E-state index contributed by atoms with van der Waals surface area (Å²) in [4.78, 5) is 14.0. The first-order valence-corrected chi connectivity index (χ1v) is 6.95. The molecule has 2 heterocycles. The average molecular weight is 253 g/mol. The zero-order chi connectivity index (χ0) is 12.7. The highest BCUT2D eigenvalue weighted by Crippen LogP contribution is 2.39. The maximum absolute atomic E-state index is 12.2. The van der Waals surface area contributed by atoms with Gasteiger partial charge in [0.15, 0.2) is 0 Å². The fraction of sp³-hybridized carbons (Fsp3) is 0.833. The first-order valence-electron chi connectivity index (χ1n) is 5.97. The Morgan fingerprint density at radius 1 is 1.59 bits per heavy atom. The Morgan fingerprint density at radius 3 is 2.82 bits per heavy atom. The third-order valence-electron chi connectivity index (χ3n) is 3.28. The van der Waals surface area contributed by atoms with E-state index in [1.807, 2.05) is 25.7 Å². The quantitative estimate of drug-likeness (QED) is 0.704. The number of hydrogen-bond acceptors (Lipinski definition) is 4. The highest BCUT2D eigenvalue weighted by molar-refractivity contribution is 8.01. The summed E-state index contributed by atoms with van der Waals surface area (Å²) in [6, 6.07) is 2.19. The van der Waals surface area contributed by atoms with Crippen molar-refractivity contribution in [3.05, 3.63) is 0 Å². The van der Waals surface area contributed by atoms with Gasteiger partial charge in [0, 0.05) is 24.3 Å². The second kappa shape index (κ2) is 4.18. The molecule has 1 amide bonds. The van der Waals surface area contributed by atoms with Gasteiger partial charge in [-0.2, -0.15) is 5.26 Å². The number of rotatable bonds is 0. The van der Waals surface area contributed by atoms with Crippen LogP contribution >= 0.6 is 11.8 Å². The molecule has 0 aromatic heterocycles. The molecule has 0 radical (unpaired) electrons. The SMILES string of the molecule is CC(C)(C)C(=O)N1CCC2(C1)N[C@H](C#N)CS2. The molecule has 1 unspecified atom stereocenters. The van der Waals surface area contributed by atoms with Gasteiger partial charge in [0.25, 0.3) is 0 Å². The lowest BCUT2D eigenvalue weighted by Gasteiger charge is -2.28. The number of amides is 1. The molecular weight excluding hydrogens is 234 g/mol. The number of carbonyl (C=O) groups excluding carboxylic acids is 1. The Bertz CT molecular complexity index is 371. The second-order valence-electron chi connectivity index (χ2n) is 5.86. The molecule has 2 aliphatic rings. The zero-order valence-corrected chi connectivity index (χ0v) is 11.4. The molecule has 5 heteroatoms. The van der Waals surface area contributed by atoms with Gasteiger partial charge < -0.3 is 4.90 Å². The van der Waals surface area contributed by atoms with Crippen molar-refractivity contribution in [1.29, 1.82) is 5.26 Å². The number of likely N-dealkylation sites (tertiary alicyclic amines) is 1. The van der Waals surface area contributed by atoms with Crippen LogP contribution in [0.3, 0.4) is 0 Å². The molecule has 1 spiro atoms. The van der Waals surface area contributed by atoms with Crippen LogP contribution in [0.25, 0.3) is 0 Å². The van der Waals surface area contributed by atoms with Gasteiger partial charge in [-0.15, -0.1) is 11.8 Å². The maximum atomic E-state index is 12.2. The first kappa shape index (κ1) is 12.7. The van der Waals surface area contributed by atoms with Gasteiger partial charge in [-0.3, -0.25) is 10.1 Å². The molecule has 2 atom stereocenters. The number of hydrogen-bond donors (Lipinski definition) is 1. The fourth-order valence-electron chi connectivity index (χ4n) is 2.38. The van der Waals surface area contributed by atoms with Crippen molar-refractivity contribution in [2.45, 2.75) is 38.1 Å². The number of carbonyl (C=O) groups is 1. The van der Waals surface area contributed by atoms with Crippen LogP contribution in [0.5, 0.6) is 0 Å². The van der Waals surface area contributed by atoms with Crippen LogP contribution in [0.2, 0.25) is 0 Å². The predicted molar refractivity (Wildman–Crippen MR) is 68.4 cm³/mol. The number of nitrogens with one attached hydrogen (secondary N) is 1. The van der Waals surface area contributed by atoms with Crippen LogP contribution in [0, 0.1) is 16.7 Å². The molecule has 4 nitrogen and oxygen atoms in total. The fourth-order valence-corrected chi connectivity index (χ4v) is 3.73. The van der Waals surface area contributed by atoms with E-state index in [1.165, 1.54) is 0 Å². The minimum absolute atomic E-state index is 0.0651. The molecule has 0 bridgehead atoms. The van der Waals surface area contributed by atoms with Crippen LogP contribution in [-0.2, 0) is 4.79 Å². The number of nitrogens with zero attached hydrogens (tertiary/aromatic N) is 2.